The van der Waals surface area contributed by atoms with E-state index < -0.39 is 5.97 Å². The molecule has 2 rings (SSSR count). The van der Waals surface area contributed by atoms with Gasteiger partial charge in [0.2, 0.25) is 0 Å². The fraction of sp³-hybridized carbons (Fsp3) is 0.308. The van der Waals surface area contributed by atoms with Gasteiger partial charge in [-0.3, -0.25) is 9.36 Å². The molecule has 1 aromatic carbocycles. The topological polar surface area (TPSA) is 68.0 Å². The van der Waals surface area contributed by atoms with Crippen LogP contribution in [0.5, 0.6) is 0 Å². The molecule has 0 fully saturated rings. The number of carboxylic acids is 1. The summed E-state index contributed by atoms with van der Waals surface area (Å²) in [5, 5.41) is 17.4. The molecular weight excluding hydrogens is 262 g/mol. The second-order valence-corrected chi connectivity index (χ2v) is 5.26. The van der Waals surface area contributed by atoms with E-state index in [1.54, 1.807) is 0 Å². The molecule has 0 saturated heterocycles. The van der Waals surface area contributed by atoms with Crippen LogP contribution in [0.2, 0.25) is 0 Å². The molecule has 0 aliphatic rings. The summed E-state index contributed by atoms with van der Waals surface area (Å²) in [4.78, 5) is 10.6. The van der Waals surface area contributed by atoms with Crippen LogP contribution in [0.1, 0.15) is 17.0 Å². The first-order valence-corrected chi connectivity index (χ1v) is 6.82. The molecule has 0 aliphatic heterocycles. The van der Waals surface area contributed by atoms with Gasteiger partial charge < -0.3 is 5.11 Å². The van der Waals surface area contributed by atoms with E-state index in [9.17, 15) is 4.79 Å². The molecule has 5 nitrogen and oxygen atoms in total. The van der Waals surface area contributed by atoms with E-state index in [-0.39, 0.29) is 5.75 Å². The smallest absolute Gasteiger partial charge is 0.313 e. The minimum absolute atomic E-state index is 0.0248. The molecule has 0 radical (unpaired) electrons. The highest BCUT2D eigenvalue weighted by molar-refractivity contribution is 7.99. The number of hydrogen-bond acceptors (Lipinski definition) is 4. The van der Waals surface area contributed by atoms with E-state index in [0.717, 1.165) is 11.5 Å². The van der Waals surface area contributed by atoms with Gasteiger partial charge in [-0.25, -0.2) is 0 Å². The predicted octanol–water partition coefficient (Wildman–Crippen LogP) is 2.37. The standard InChI is InChI=1S/C13H15N3O2S/c1-8-4-5-11(6-9(8)2)16-10(3)14-15-13(16)19-7-12(17)18/h4-6H,7H2,1-3H3,(H,17,18). The SMILES string of the molecule is Cc1ccc(-n2c(C)nnc2SCC(=O)O)cc1C. The van der Waals surface area contributed by atoms with E-state index >= 15 is 0 Å². The van der Waals surface area contributed by atoms with Crippen molar-refractivity contribution >= 4 is 17.7 Å². The maximum atomic E-state index is 10.6. The monoisotopic (exact) mass is 277 g/mol. The van der Waals surface area contributed by atoms with Crippen molar-refractivity contribution in [3.05, 3.63) is 35.2 Å². The van der Waals surface area contributed by atoms with Gasteiger partial charge in [0.05, 0.1) is 5.75 Å². The lowest BCUT2D eigenvalue weighted by Gasteiger charge is -2.09. The van der Waals surface area contributed by atoms with Gasteiger partial charge in [-0.1, -0.05) is 17.8 Å². The van der Waals surface area contributed by atoms with Crippen LogP contribution in [0.3, 0.4) is 0 Å². The summed E-state index contributed by atoms with van der Waals surface area (Å²) in [6.07, 6.45) is 0. The average molecular weight is 277 g/mol. The molecule has 19 heavy (non-hydrogen) atoms. The lowest BCUT2D eigenvalue weighted by atomic mass is 10.1. The van der Waals surface area contributed by atoms with Crippen molar-refractivity contribution < 1.29 is 9.90 Å². The van der Waals surface area contributed by atoms with Crippen LogP contribution in [0.15, 0.2) is 23.4 Å². The molecule has 0 spiro atoms. The van der Waals surface area contributed by atoms with E-state index in [0.29, 0.717) is 5.16 Å². The Balaban J connectivity index is 2.40. The van der Waals surface area contributed by atoms with Gasteiger partial charge in [-0.2, -0.15) is 0 Å². The van der Waals surface area contributed by atoms with E-state index in [1.165, 1.54) is 22.9 Å². The van der Waals surface area contributed by atoms with Crippen molar-refractivity contribution in [1.29, 1.82) is 0 Å². The number of aromatic nitrogens is 3. The van der Waals surface area contributed by atoms with Gasteiger partial charge in [0.25, 0.3) is 0 Å². The molecule has 6 heteroatoms. The van der Waals surface area contributed by atoms with Crippen molar-refractivity contribution in [2.24, 2.45) is 0 Å². The Hall–Kier alpha value is -1.82. The Labute approximate surface area is 115 Å². The maximum absolute atomic E-state index is 10.6. The minimum atomic E-state index is -0.864. The summed E-state index contributed by atoms with van der Waals surface area (Å²) >= 11 is 1.17. The van der Waals surface area contributed by atoms with Crippen molar-refractivity contribution in [2.75, 3.05) is 5.75 Å². The molecule has 1 heterocycles. The highest BCUT2D eigenvalue weighted by Gasteiger charge is 2.13. The van der Waals surface area contributed by atoms with Crippen molar-refractivity contribution in [2.45, 2.75) is 25.9 Å². The second-order valence-electron chi connectivity index (χ2n) is 4.32. The highest BCUT2D eigenvalue weighted by atomic mass is 32.2. The number of nitrogens with zero attached hydrogens (tertiary/aromatic N) is 3. The third kappa shape index (κ3) is 2.96. The fourth-order valence-electron chi connectivity index (χ4n) is 1.72. The van der Waals surface area contributed by atoms with Gasteiger partial charge in [0, 0.05) is 5.69 Å². The number of carbonyl (C=O) groups is 1. The number of carboxylic acid groups (broad SMARTS) is 1. The number of hydrogen-bond donors (Lipinski definition) is 1. The van der Waals surface area contributed by atoms with E-state index in [2.05, 4.69) is 23.2 Å². The molecule has 1 N–H and O–H groups in total. The Bertz CT molecular complexity index is 622. The first-order valence-electron chi connectivity index (χ1n) is 5.83. The summed E-state index contributed by atoms with van der Waals surface area (Å²) in [6.45, 7) is 5.95. The largest absolute Gasteiger partial charge is 0.481 e. The van der Waals surface area contributed by atoms with Crippen LogP contribution in [-0.2, 0) is 4.79 Å². The predicted molar refractivity (Wildman–Crippen MR) is 73.9 cm³/mol. The molecule has 0 amide bonds. The third-order valence-corrected chi connectivity index (χ3v) is 3.78. The van der Waals surface area contributed by atoms with Gasteiger partial charge in [-0.05, 0) is 44.0 Å². The highest BCUT2D eigenvalue weighted by Crippen LogP contribution is 2.23. The van der Waals surface area contributed by atoms with Crippen LogP contribution < -0.4 is 0 Å². The molecule has 1 aromatic heterocycles. The molecular formula is C13H15N3O2S. The Kier molecular flexibility index (Phi) is 3.90. The van der Waals surface area contributed by atoms with Crippen LogP contribution in [0.4, 0.5) is 0 Å². The zero-order valence-electron chi connectivity index (χ0n) is 11.0. The average Bonchev–Trinajstić information content (AvgIpc) is 2.71. The van der Waals surface area contributed by atoms with Crippen molar-refractivity contribution in [1.82, 2.24) is 14.8 Å². The third-order valence-electron chi connectivity index (χ3n) is 2.87. The zero-order valence-corrected chi connectivity index (χ0v) is 11.9. The molecule has 0 atom stereocenters. The number of aliphatic carboxylic acids is 1. The normalized spacial score (nSPS) is 10.7. The first kappa shape index (κ1) is 13.6. The Morgan fingerprint density at radius 2 is 2.00 bits per heavy atom. The lowest BCUT2D eigenvalue weighted by molar-refractivity contribution is -0.133. The summed E-state index contributed by atoms with van der Waals surface area (Å²) in [5.41, 5.74) is 3.35. The maximum Gasteiger partial charge on any atom is 0.313 e. The summed E-state index contributed by atoms with van der Waals surface area (Å²) in [7, 11) is 0. The number of aryl methyl sites for hydroxylation is 3. The zero-order chi connectivity index (χ0) is 14.0. The first-order chi connectivity index (χ1) is 8.99. The molecule has 2 aromatic rings. The van der Waals surface area contributed by atoms with Crippen LogP contribution in [0, 0.1) is 20.8 Å². The number of benzene rings is 1. The summed E-state index contributed by atoms with van der Waals surface area (Å²) < 4.78 is 1.88. The molecule has 0 bridgehead atoms. The number of rotatable bonds is 4. The Morgan fingerprint density at radius 3 is 2.63 bits per heavy atom. The second kappa shape index (κ2) is 5.44. The molecule has 100 valence electrons. The summed E-state index contributed by atoms with van der Waals surface area (Å²) in [6, 6.07) is 6.08. The van der Waals surface area contributed by atoms with Gasteiger partial charge in [0.1, 0.15) is 5.82 Å². The van der Waals surface area contributed by atoms with Crippen molar-refractivity contribution in [3.63, 3.8) is 0 Å². The van der Waals surface area contributed by atoms with Gasteiger partial charge >= 0.3 is 5.97 Å². The molecule has 0 saturated carbocycles. The van der Waals surface area contributed by atoms with E-state index in [4.69, 9.17) is 5.11 Å². The lowest BCUT2D eigenvalue weighted by Crippen LogP contribution is -2.03. The Morgan fingerprint density at radius 1 is 1.26 bits per heavy atom. The molecule has 0 unspecified atom stereocenters. The van der Waals surface area contributed by atoms with Crippen LogP contribution in [0.25, 0.3) is 5.69 Å². The minimum Gasteiger partial charge on any atom is -0.481 e. The fourth-order valence-corrected chi connectivity index (χ4v) is 2.44. The van der Waals surface area contributed by atoms with Crippen molar-refractivity contribution in [3.8, 4) is 5.69 Å². The number of thioether (sulfide) groups is 1. The molecule has 0 aliphatic carbocycles. The van der Waals surface area contributed by atoms with Gasteiger partial charge in [0.15, 0.2) is 5.16 Å². The van der Waals surface area contributed by atoms with Crippen LogP contribution in [-0.4, -0.2) is 31.6 Å². The van der Waals surface area contributed by atoms with Crippen LogP contribution >= 0.6 is 11.8 Å². The van der Waals surface area contributed by atoms with E-state index in [1.807, 2.05) is 30.5 Å². The van der Waals surface area contributed by atoms with Gasteiger partial charge in [-0.15, -0.1) is 10.2 Å². The summed E-state index contributed by atoms with van der Waals surface area (Å²) in [5.74, 6) is -0.142. The quantitative estimate of drug-likeness (QED) is 0.869.